The summed E-state index contributed by atoms with van der Waals surface area (Å²) in [5.41, 5.74) is 7.45. The number of carboxylic acid groups (broad SMARTS) is 1. The molecule has 1 aromatic heterocycles. The smallest absolute Gasteiger partial charge is 0.328 e. The molecule has 128 valence electrons. The van der Waals surface area contributed by atoms with Gasteiger partial charge in [0, 0.05) is 50.6 Å². The fraction of sp³-hybridized carbons (Fsp3) is 0.467. The Labute approximate surface area is 141 Å². The van der Waals surface area contributed by atoms with Gasteiger partial charge in [0.2, 0.25) is 0 Å². The Morgan fingerprint density at radius 1 is 1.48 bits per heavy atom. The Hall–Kier alpha value is -1.67. The topological polar surface area (TPSA) is 101 Å². The van der Waals surface area contributed by atoms with E-state index in [1.54, 1.807) is 6.20 Å². The number of nitrogens with zero attached hydrogens (tertiary/aromatic N) is 2. The lowest BCUT2D eigenvalue weighted by molar-refractivity contribution is -0.131. The zero-order valence-corrected chi connectivity index (χ0v) is 13.7. The summed E-state index contributed by atoms with van der Waals surface area (Å²) < 4.78 is 5.31. The number of anilines is 1. The van der Waals surface area contributed by atoms with E-state index in [0.29, 0.717) is 12.4 Å². The third kappa shape index (κ3) is 6.96. The summed E-state index contributed by atoms with van der Waals surface area (Å²) in [6, 6.07) is 1.85. The van der Waals surface area contributed by atoms with Crippen molar-refractivity contribution in [1.82, 2.24) is 15.2 Å². The van der Waals surface area contributed by atoms with Crippen LogP contribution in [0.15, 0.2) is 18.3 Å². The van der Waals surface area contributed by atoms with E-state index in [0.717, 1.165) is 56.6 Å². The first-order valence-corrected chi connectivity index (χ1v) is 7.31. The Kier molecular flexibility index (Phi) is 8.57. The number of hydrogen-bond acceptors (Lipinski definition) is 6. The van der Waals surface area contributed by atoms with Crippen LogP contribution in [0.4, 0.5) is 5.82 Å². The number of rotatable bonds is 7. The number of aromatic nitrogens is 1. The van der Waals surface area contributed by atoms with E-state index >= 15 is 0 Å². The lowest BCUT2D eigenvalue weighted by Crippen LogP contribution is -2.40. The molecule has 23 heavy (non-hydrogen) atoms. The van der Waals surface area contributed by atoms with Crippen LogP contribution in [0.1, 0.15) is 11.1 Å². The van der Waals surface area contributed by atoms with Crippen molar-refractivity contribution in [2.45, 2.75) is 6.54 Å². The minimum Gasteiger partial charge on any atom is -0.478 e. The van der Waals surface area contributed by atoms with Crippen LogP contribution in [-0.2, 0) is 16.1 Å². The quantitative estimate of drug-likeness (QED) is 0.493. The van der Waals surface area contributed by atoms with Gasteiger partial charge in [0.25, 0.3) is 0 Å². The molecular formula is C15H23ClN4O3. The SMILES string of the molecule is Cl.Nc1ncc(/C=C/C(=O)O)cc1CNCCN1CCOCC1. The molecule has 8 heteroatoms. The summed E-state index contributed by atoms with van der Waals surface area (Å²) in [5, 5.41) is 12.0. The van der Waals surface area contributed by atoms with E-state index in [4.69, 9.17) is 15.6 Å². The van der Waals surface area contributed by atoms with Gasteiger partial charge in [-0.1, -0.05) is 0 Å². The summed E-state index contributed by atoms with van der Waals surface area (Å²) in [7, 11) is 0. The van der Waals surface area contributed by atoms with Gasteiger partial charge in [-0.05, 0) is 17.7 Å². The Morgan fingerprint density at radius 2 is 2.22 bits per heavy atom. The van der Waals surface area contributed by atoms with Crippen LogP contribution in [0.2, 0.25) is 0 Å². The number of pyridine rings is 1. The van der Waals surface area contributed by atoms with E-state index in [-0.39, 0.29) is 12.4 Å². The zero-order chi connectivity index (χ0) is 15.8. The molecule has 0 aromatic carbocycles. The van der Waals surface area contributed by atoms with Crippen LogP contribution in [0.5, 0.6) is 0 Å². The molecule has 1 saturated heterocycles. The number of hydrogen-bond donors (Lipinski definition) is 3. The maximum absolute atomic E-state index is 10.5. The Balaban J connectivity index is 0.00000264. The van der Waals surface area contributed by atoms with Crippen LogP contribution >= 0.6 is 12.4 Å². The third-order valence-corrected chi connectivity index (χ3v) is 3.46. The molecule has 1 aromatic rings. The maximum atomic E-state index is 10.5. The van der Waals surface area contributed by atoms with Gasteiger partial charge in [-0.15, -0.1) is 12.4 Å². The van der Waals surface area contributed by atoms with Crippen molar-refractivity contribution in [1.29, 1.82) is 0 Å². The van der Waals surface area contributed by atoms with Crippen molar-refractivity contribution >= 4 is 30.3 Å². The lowest BCUT2D eigenvalue weighted by Gasteiger charge is -2.26. The summed E-state index contributed by atoms with van der Waals surface area (Å²) in [5.74, 6) is -0.520. The molecule has 1 aliphatic heterocycles. The van der Waals surface area contributed by atoms with Gasteiger partial charge < -0.3 is 20.9 Å². The van der Waals surface area contributed by atoms with Crippen molar-refractivity contribution in [3.05, 3.63) is 29.5 Å². The second-order valence-electron chi connectivity index (χ2n) is 5.12. The van der Waals surface area contributed by atoms with Crippen LogP contribution in [-0.4, -0.2) is 60.4 Å². The molecule has 0 amide bonds. The highest BCUT2D eigenvalue weighted by molar-refractivity contribution is 5.85. The second kappa shape index (κ2) is 10.2. The monoisotopic (exact) mass is 342 g/mol. The molecule has 0 radical (unpaired) electrons. The molecule has 1 fully saturated rings. The number of ether oxygens (including phenoxy) is 1. The highest BCUT2D eigenvalue weighted by atomic mass is 35.5. The summed E-state index contributed by atoms with van der Waals surface area (Å²) in [6.45, 7) is 5.98. The molecule has 0 spiro atoms. The molecule has 0 saturated carbocycles. The fourth-order valence-electron chi connectivity index (χ4n) is 2.22. The largest absolute Gasteiger partial charge is 0.478 e. The van der Waals surface area contributed by atoms with Gasteiger partial charge in [-0.2, -0.15) is 0 Å². The second-order valence-corrected chi connectivity index (χ2v) is 5.12. The minimum absolute atomic E-state index is 0. The predicted molar refractivity (Wildman–Crippen MR) is 91.5 cm³/mol. The first-order valence-electron chi connectivity index (χ1n) is 7.31. The van der Waals surface area contributed by atoms with Crippen LogP contribution < -0.4 is 11.1 Å². The number of carboxylic acids is 1. The van der Waals surface area contributed by atoms with Gasteiger partial charge in [-0.3, -0.25) is 4.90 Å². The van der Waals surface area contributed by atoms with E-state index in [1.807, 2.05) is 6.07 Å². The standard InChI is InChI=1S/C15H22N4O3.ClH/c16-15-13(9-12(10-18-15)1-2-14(20)21)11-17-3-4-19-5-7-22-8-6-19;/h1-2,9-10,17H,3-8,11H2,(H2,16,18)(H,20,21);1H/b2-1+;. The summed E-state index contributed by atoms with van der Waals surface area (Å²) in [4.78, 5) is 17.0. The molecule has 0 atom stereocenters. The summed E-state index contributed by atoms with van der Waals surface area (Å²) in [6.07, 6.45) is 4.15. The number of carbonyl (C=O) groups is 1. The molecule has 1 aliphatic rings. The van der Waals surface area contributed by atoms with Crippen molar-refractivity contribution in [2.75, 3.05) is 45.1 Å². The van der Waals surface area contributed by atoms with Gasteiger partial charge in [0.15, 0.2) is 0 Å². The number of nitrogen functional groups attached to an aromatic ring is 1. The number of nitrogens with two attached hydrogens (primary N) is 1. The third-order valence-electron chi connectivity index (χ3n) is 3.46. The van der Waals surface area contributed by atoms with Crippen molar-refractivity contribution in [3.63, 3.8) is 0 Å². The molecule has 7 nitrogen and oxygen atoms in total. The van der Waals surface area contributed by atoms with Crippen molar-refractivity contribution in [2.24, 2.45) is 0 Å². The molecular weight excluding hydrogens is 320 g/mol. The molecule has 2 rings (SSSR count). The van der Waals surface area contributed by atoms with Crippen LogP contribution in [0.25, 0.3) is 6.08 Å². The Bertz CT molecular complexity index is 533. The Morgan fingerprint density at radius 3 is 2.91 bits per heavy atom. The average Bonchev–Trinajstić information content (AvgIpc) is 2.52. The van der Waals surface area contributed by atoms with E-state index in [2.05, 4.69) is 15.2 Å². The fourth-order valence-corrected chi connectivity index (χ4v) is 2.22. The lowest BCUT2D eigenvalue weighted by atomic mass is 10.1. The van der Waals surface area contributed by atoms with Gasteiger partial charge >= 0.3 is 5.97 Å². The van der Waals surface area contributed by atoms with Gasteiger partial charge in [-0.25, -0.2) is 9.78 Å². The van der Waals surface area contributed by atoms with Crippen molar-refractivity contribution in [3.8, 4) is 0 Å². The highest BCUT2D eigenvalue weighted by Gasteiger charge is 2.09. The normalized spacial score (nSPS) is 15.5. The minimum atomic E-state index is -0.984. The van der Waals surface area contributed by atoms with Crippen molar-refractivity contribution < 1.29 is 14.6 Å². The number of aliphatic carboxylic acids is 1. The number of nitrogens with one attached hydrogen (secondary N) is 1. The number of morpholine rings is 1. The molecule has 2 heterocycles. The molecule has 4 N–H and O–H groups in total. The molecule has 0 unspecified atom stereocenters. The maximum Gasteiger partial charge on any atom is 0.328 e. The first-order chi connectivity index (χ1) is 10.6. The van der Waals surface area contributed by atoms with Crippen LogP contribution in [0, 0.1) is 0 Å². The molecule has 0 aliphatic carbocycles. The van der Waals surface area contributed by atoms with Crippen LogP contribution in [0.3, 0.4) is 0 Å². The van der Waals surface area contributed by atoms with Gasteiger partial charge in [0.1, 0.15) is 5.82 Å². The zero-order valence-electron chi connectivity index (χ0n) is 12.9. The summed E-state index contributed by atoms with van der Waals surface area (Å²) >= 11 is 0. The highest BCUT2D eigenvalue weighted by Crippen LogP contribution is 2.12. The molecule has 0 bridgehead atoms. The van der Waals surface area contributed by atoms with Gasteiger partial charge in [0.05, 0.1) is 13.2 Å². The number of halogens is 1. The van der Waals surface area contributed by atoms with E-state index in [9.17, 15) is 4.79 Å². The predicted octanol–water partition coefficient (Wildman–Crippen LogP) is 0.605. The average molecular weight is 343 g/mol. The van der Waals surface area contributed by atoms with E-state index < -0.39 is 5.97 Å². The van der Waals surface area contributed by atoms with E-state index in [1.165, 1.54) is 6.08 Å². The first kappa shape index (κ1) is 19.4.